The van der Waals surface area contributed by atoms with Gasteiger partial charge in [0, 0.05) is 31.2 Å². The standard InChI is InChI=1S/C16H35N3/c1-6-18(7-2)11-8-9-15(5)19-12-10-16(13-19)17-14(3)4/h14-17H,6-13H2,1-5H3. The second kappa shape index (κ2) is 8.93. The van der Waals surface area contributed by atoms with Gasteiger partial charge in [0.25, 0.3) is 0 Å². The Kier molecular flexibility index (Phi) is 7.96. The van der Waals surface area contributed by atoms with Crippen LogP contribution < -0.4 is 5.32 Å². The van der Waals surface area contributed by atoms with Crippen molar-refractivity contribution in [2.45, 2.75) is 72.0 Å². The molecule has 2 unspecified atom stereocenters. The van der Waals surface area contributed by atoms with Crippen LogP contribution in [0.4, 0.5) is 0 Å². The van der Waals surface area contributed by atoms with Crippen LogP contribution in [0.25, 0.3) is 0 Å². The van der Waals surface area contributed by atoms with Crippen molar-refractivity contribution in [1.29, 1.82) is 0 Å². The molecule has 0 aromatic rings. The van der Waals surface area contributed by atoms with E-state index in [0.717, 1.165) is 6.04 Å². The molecule has 0 aromatic carbocycles. The van der Waals surface area contributed by atoms with Crippen LogP contribution in [0, 0.1) is 0 Å². The van der Waals surface area contributed by atoms with Crippen LogP contribution in [0.3, 0.4) is 0 Å². The predicted molar refractivity (Wildman–Crippen MR) is 84.7 cm³/mol. The van der Waals surface area contributed by atoms with Crippen LogP contribution in [-0.4, -0.2) is 60.6 Å². The van der Waals surface area contributed by atoms with Gasteiger partial charge < -0.3 is 10.2 Å². The average Bonchev–Trinajstić information content (AvgIpc) is 2.82. The Bertz CT molecular complexity index is 226. The van der Waals surface area contributed by atoms with Gasteiger partial charge in [-0.3, -0.25) is 4.90 Å². The molecule has 0 amide bonds. The molecule has 0 bridgehead atoms. The Balaban J connectivity index is 2.18. The van der Waals surface area contributed by atoms with E-state index in [2.05, 4.69) is 49.7 Å². The van der Waals surface area contributed by atoms with Crippen molar-refractivity contribution in [2.75, 3.05) is 32.7 Å². The van der Waals surface area contributed by atoms with Crippen molar-refractivity contribution in [3.05, 3.63) is 0 Å². The maximum atomic E-state index is 3.67. The van der Waals surface area contributed by atoms with Gasteiger partial charge in [-0.1, -0.05) is 27.7 Å². The number of rotatable bonds is 9. The van der Waals surface area contributed by atoms with Gasteiger partial charge in [0.05, 0.1) is 0 Å². The third-order valence-corrected chi connectivity index (χ3v) is 4.40. The first kappa shape index (κ1) is 16.9. The lowest BCUT2D eigenvalue weighted by Crippen LogP contribution is -2.39. The molecule has 1 rings (SSSR count). The third kappa shape index (κ3) is 6.24. The molecule has 2 atom stereocenters. The molecule has 114 valence electrons. The maximum Gasteiger partial charge on any atom is 0.0209 e. The zero-order valence-corrected chi connectivity index (χ0v) is 13.8. The molecular formula is C16H35N3. The van der Waals surface area contributed by atoms with Gasteiger partial charge in [0.2, 0.25) is 0 Å². The van der Waals surface area contributed by atoms with E-state index in [1.54, 1.807) is 0 Å². The molecule has 0 aliphatic carbocycles. The van der Waals surface area contributed by atoms with Gasteiger partial charge in [-0.05, 0) is 45.8 Å². The molecule has 3 heteroatoms. The van der Waals surface area contributed by atoms with E-state index in [1.165, 1.54) is 52.0 Å². The van der Waals surface area contributed by atoms with Crippen molar-refractivity contribution >= 4 is 0 Å². The van der Waals surface area contributed by atoms with Crippen LogP contribution in [-0.2, 0) is 0 Å². The first-order chi connectivity index (χ1) is 9.06. The highest BCUT2D eigenvalue weighted by molar-refractivity contribution is 4.84. The third-order valence-electron chi connectivity index (χ3n) is 4.40. The van der Waals surface area contributed by atoms with Gasteiger partial charge in [-0.2, -0.15) is 0 Å². The number of nitrogens with one attached hydrogen (secondary N) is 1. The summed E-state index contributed by atoms with van der Waals surface area (Å²) in [5, 5.41) is 3.67. The fraction of sp³-hybridized carbons (Fsp3) is 1.00. The van der Waals surface area contributed by atoms with E-state index in [0.29, 0.717) is 12.1 Å². The van der Waals surface area contributed by atoms with Crippen molar-refractivity contribution in [3.8, 4) is 0 Å². The summed E-state index contributed by atoms with van der Waals surface area (Å²) < 4.78 is 0. The lowest BCUT2D eigenvalue weighted by molar-refractivity contribution is 0.221. The summed E-state index contributed by atoms with van der Waals surface area (Å²) in [5.74, 6) is 0. The van der Waals surface area contributed by atoms with Gasteiger partial charge in [0.15, 0.2) is 0 Å². The van der Waals surface area contributed by atoms with E-state index in [4.69, 9.17) is 0 Å². The summed E-state index contributed by atoms with van der Waals surface area (Å²) >= 11 is 0. The monoisotopic (exact) mass is 269 g/mol. The van der Waals surface area contributed by atoms with E-state index in [-0.39, 0.29) is 0 Å². The molecular weight excluding hydrogens is 234 g/mol. The Morgan fingerprint density at radius 2 is 1.89 bits per heavy atom. The summed E-state index contributed by atoms with van der Waals surface area (Å²) in [5.41, 5.74) is 0. The topological polar surface area (TPSA) is 18.5 Å². The zero-order chi connectivity index (χ0) is 14.3. The number of nitrogens with zero attached hydrogens (tertiary/aromatic N) is 2. The molecule has 19 heavy (non-hydrogen) atoms. The smallest absolute Gasteiger partial charge is 0.0209 e. The van der Waals surface area contributed by atoms with Crippen LogP contribution in [0.1, 0.15) is 53.9 Å². The Labute approximate surface area is 120 Å². The first-order valence-corrected chi connectivity index (χ1v) is 8.29. The van der Waals surface area contributed by atoms with E-state index in [1.807, 2.05) is 0 Å². The zero-order valence-electron chi connectivity index (χ0n) is 13.8. The summed E-state index contributed by atoms with van der Waals surface area (Å²) in [6.45, 7) is 17.6. The van der Waals surface area contributed by atoms with Crippen LogP contribution in [0.2, 0.25) is 0 Å². The second-order valence-corrected chi connectivity index (χ2v) is 6.32. The molecule has 1 saturated heterocycles. The van der Waals surface area contributed by atoms with Crippen molar-refractivity contribution in [1.82, 2.24) is 15.1 Å². The second-order valence-electron chi connectivity index (χ2n) is 6.32. The first-order valence-electron chi connectivity index (χ1n) is 8.29. The average molecular weight is 269 g/mol. The fourth-order valence-electron chi connectivity index (χ4n) is 3.13. The lowest BCUT2D eigenvalue weighted by atomic mass is 10.1. The van der Waals surface area contributed by atoms with Gasteiger partial charge in [0.1, 0.15) is 0 Å². The molecule has 0 spiro atoms. The lowest BCUT2D eigenvalue weighted by Gasteiger charge is -2.26. The molecule has 0 radical (unpaired) electrons. The van der Waals surface area contributed by atoms with Crippen LogP contribution in [0.15, 0.2) is 0 Å². The number of likely N-dealkylation sites (tertiary alicyclic amines) is 1. The van der Waals surface area contributed by atoms with Gasteiger partial charge >= 0.3 is 0 Å². The normalized spacial score (nSPS) is 22.6. The Morgan fingerprint density at radius 1 is 1.21 bits per heavy atom. The molecule has 3 nitrogen and oxygen atoms in total. The highest BCUT2D eigenvalue weighted by Gasteiger charge is 2.25. The Morgan fingerprint density at radius 3 is 2.47 bits per heavy atom. The van der Waals surface area contributed by atoms with Crippen molar-refractivity contribution in [3.63, 3.8) is 0 Å². The molecule has 1 aliphatic heterocycles. The van der Waals surface area contributed by atoms with Crippen LogP contribution in [0.5, 0.6) is 0 Å². The maximum absolute atomic E-state index is 3.67. The summed E-state index contributed by atoms with van der Waals surface area (Å²) in [4.78, 5) is 5.20. The molecule has 0 aromatic heterocycles. The minimum absolute atomic E-state index is 0.614. The minimum atomic E-state index is 0.614. The van der Waals surface area contributed by atoms with Crippen molar-refractivity contribution in [2.24, 2.45) is 0 Å². The summed E-state index contributed by atoms with van der Waals surface area (Å²) in [6, 6.07) is 2.07. The largest absolute Gasteiger partial charge is 0.310 e. The summed E-state index contributed by atoms with van der Waals surface area (Å²) in [7, 11) is 0. The predicted octanol–water partition coefficient (Wildman–Crippen LogP) is 2.57. The molecule has 0 saturated carbocycles. The highest BCUT2D eigenvalue weighted by Crippen LogP contribution is 2.16. The molecule has 1 fully saturated rings. The van der Waals surface area contributed by atoms with E-state index in [9.17, 15) is 0 Å². The highest BCUT2D eigenvalue weighted by atomic mass is 15.2. The fourth-order valence-corrected chi connectivity index (χ4v) is 3.13. The Hall–Kier alpha value is -0.120. The summed E-state index contributed by atoms with van der Waals surface area (Å²) in [6.07, 6.45) is 3.99. The van der Waals surface area contributed by atoms with Crippen molar-refractivity contribution < 1.29 is 0 Å². The quantitative estimate of drug-likeness (QED) is 0.694. The molecule has 1 heterocycles. The van der Waals surface area contributed by atoms with E-state index >= 15 is 0 Å². The van der Waals surface area contributed by atoms with Gasteiger partial charge in [-0.25, -0.2) is 0 Å². The molecule has 1 aliphatic rings. The van der Waals surface area contributed by atoms with Gasteiger partial charge in [-0.15, -0.1) is 0 Å². The number of hydrogen-bond acceptors (Lipinski definition) is 3. The SMILES string of the molecule is CCN(CC)CCCC(C)N1CCC(NC(C)C)C1. The van der Waals surface area contributed by atoms with E-state index < -0.39 is 0 Å². The van der Waals surface area contributed by atoms with Crippen LogP contribution >= 0.6 is 0 Å². The molecule has 1 N–H and O–H groups in total. The minimum Gasteiger partial charge on any atom is -0.310 e. The number of hydrogen-bond donors (Lipinski definition) is 1.